The Morgan fingerprint density at radius 1 is 1.28 bits per heavy atom. The summed E-state index contributed by atoms with van der Waals surface area (Å²) in [4.78, 5) is 12.4. The number of sulfonamides is 1. The summed E-state index contributed by atoms with van der Waals surface area (Å²) < 4.78 is 26.9. The summed E-state index contributed by atoms with van der Waals surface area (Å²) in [7, 11) is -3.46. The van der Waals surface area contributed by atoms with Crippen LogP contribution in [0.15, 0.2) is 29.2 Å². The lowest BCUT2D eigenvalue weighted by Crippen LogP contribution is -2.48. The average Bonchev–Trinajstić information content (AvgIpc) is 2.53. The quantitative estimate of drug-likeness (QED) is 0.802. The molecule has 0 aromatic heterocycles. The predicted octanol–water partition coefficient (Wildman–Crippen LogP) is 1.48. The number of halogens is 1. The summed E-state index contributed by atoms with van der Waals surface area (Å²) in [6.07, 6.45) is 1.97. The highest BCUT2D eigenvalue weighted by atomic mass is 35.5. The maximum atomic E-state index is 12.7. The Balaban J connectivity index is 0.00000225. The molecule has 1 atom stereocenters. The van der Waals surface area contributed by atoms with Gasteiger partial charge in [0.25, 0.3) is 5.91 Å². The number of amides is 1. The number of carbonyl (C=O) groups is 1. The molecule has 2 fully saturated rings. The first-order chi connectivity index (χ1) is 11.5. The molecule has 1 unspecified atom stereocenters. The van der Waals surface area contributed by atoms with E-state index in [2.05, 4.69) is 17.6 Å². The van der Waals surface area contributed by atoms with Crippen LogP contribution in [0.2, 0.25) is 0 Å². The van der Waals surface area contributed by atoms with E-state index < -0.39 is 10.0 Å². The smallest absolute Gasteiger partial charge is 0.251 e. The van der Waals surface area contributed by atoms with Crippen LogP contribution in [0.3, 0.4) is 0 Å². The second-order valence-corrected chi connectivity index (χ2v) is 8.81. The molecule has 0 radical (unpaired) electrons. The molecule has 1 aromatic rings. The summed E-state index contributed by atoms with van der Waals surface area (Å²) in [5.41, 5.74) is 0.494. The fraction of sp³-hybridized carbons (Fsp3) is 0.588. The van der Waals surface area contributed by atoms with Crippen molar-refractivity contribution in [3.8, 4) is 0 Å². The van der Waals surface area contributed by atoms with Crippen LogP contribution in [0, 0.1) is 11.8 Å². The van der Waals surface area contributed by atoms with Crippen LogP contribution < -0.4 is 10.6 Å². The van der Waals surface area contributed by atoms with Crippen molar-refractivity contribution >= 4 is 28.3 Å². The summed E-state index contributed by atoms with van der Waals surface area (Å²) >= 11 is 0. The number of carbonyl (C=O) groups excluding carboxylic acids is 1. The van der Waals surface area contributed by atoms with Crippen LogP contribution in [0.25, 0.3) is 0 Å². The number of hydrogen-bond acceptors (Lipinski definition) is 4. The molecule has 0 bridgehead atoms. The molecule has 2 saturated heterocycles. The molecule has 2 aliphatic rings. The molecule has 2 heterocycles. The molecule has 140 valence electrons. The Kier molecular flexibility index (Phi) is 6.85. The first-order valence-electron chi connectivity index (χ1n) is 8.56. The highest BCUT2D eigenvalue weighted by Gasteiger charge is 2.28. The average molecular weight is 388 g/mol. The minimum atomic E-state index is -3.46. The lowest BCUT2D eigenvalue weighted by atomic mass is 10.0. The molecule has 1 amide bonds. The zero-order chi connectivity index (χ0) is 17.2. The molecule has 2 aliphatic heterocycles. The molecule has 2 N–H and O–H groups in total. The van der Waals surface area contributed by atoms with Gasteiger partial charge in [-0.25, -0.2) is 8.42 Å². The van der Waals surface area contributed by atoms with Gasteiger partial charge in [0.2, 0.25) is 10.0 Å². The molecular weight excluding hydrogens is 362 g/mol. The van der Waals surface area contributed by atoms with Gasteiger partial charge in [-0.05, 0) is 43.0 Å². The van der Waals surface area contributed by atoms with Crippen molar-refractivity contribution in [2.45, 2.75) is 24.7 Å². The van der Waals surface area contributed by atoms with Crippen molar-refractivity contribution in [2.24, 2.45) is 11.8 Å². The van der Waals surface area contributed by atoms with E-state index in [9.17, 15) is 13.2 Å². The molecule has 0 saturated carbocycles. The molecule has 3 rings (SSSR count). The van der Waals surface area contributed by atoms with E-state index >= 15 is 0 Å². The Hall–Kier alpha value is -1.15. The molecule has 6 nitrogen and oxygen atoms in total. The standard InChI is InChI=1S/C17H25N3O3S.ClH/c1-13-3-2-8-20(12-13)24(22,23)16-6-4-15(5-7-16)17(21)19-11-14-9-18-10-14;/h4-7,13-14,18H,2-3,8-12H2,1H3,(H,19,21);1H. The lowest BCUT2D eigenvalue weighted by Gasteiger charge is -2.30. The molecule has 8 heteroatoms. The van der Waals surface area contributed by atoms with E-state index in [-0.39, 0.29) is 23.2 Å². The van der Waals surface area contributed by atoms with Gasteiger partial charge in [-0.15, -0.1) is 12.4 Å². The number of hydrogen-bond donors (Lipinski definition) is 2. The Morgan fingerprint density at radius 2 is 1.96 bits per heavy atom. The zero-order valence-corrected chi connectivity index (χ0v) is 16.0. The van der Waals surface area contributed by atoms with Crippen LogP contribution in [-0.2, 0) is 10.0 Å². The molecule has 1 aromatic carbocycles. The number of rotatable bonds is 5. The van der Waals surface area contributed by atoms with Crippen molar-refractivity contribution < 1.29 is 13.2 Å². The third-order valence-corrected chi connectivity index (χ3v) is 6.67. The maximum Gasteiger partial charge on any atom is 0.251 e. The van der Waals surface area contributed by atoms with Crippen molar-refractivity contribution in [2.75, 3.05) is 32.7 Å². The second kappa shape index (κ2) is 8.49. The maximum absolute atomic E-state index is 12.7. The van der Waals surface area contributed by atoms with Crippen molar-refractivity contribution in [1.29, 1.82) is 0 Å². The van der Waals surface area contributed by atoms with Gasteiger partial charge in [0, 0.05) is 44.2 Å². The number of nitrogens with zero attached hydrogens (tertiary/aromatic N) is 1. The third kappa shape index (κ3) is 4.73. The van der Waals surface area contributed by atoms with Gasteiger partial charge in [0.15, 0.2) is 0 Å². The van der Waals surface area contributed by atoms with Crippen LogP contribution in [0.4, 0.5) is 0 Å². The molecule has 0 spiro atoms. The van der Waals surface area contributed by atoms with E-state index in [0.29, 0.717) is 37.0 Å². The Bertz CT molecular complexity index is 690. The van der Waals surface area contributed by atoms with Gasteiger partial charge < -0.3 is 10.6 Å². The minimum Gasteiger partial charge on any atom is -0.352 e. The Labute approximate surface area is 155 Å². The lowest BCUT2D eigenvalue weighted by molar-refractivity contribution is 0.0942. The summed E-state index contributed by atoms with van der Waals surface area (Å²) in [6, 6.07) is 6.26. The largest absolute Gasteiger partial charge is 0.352 e. The van der Waals surface area contributed by atoms with Crippen molar-refractivity contribution in [1.82, 2.24) is 14.9 Å². The van der Waals surface area contributed by atoms with Crippen LogP contribution in [0.1, 0.15) is 30.1 Å². The van der Waals surface area contributed by atoms with E-state index in [1.54, 1.807) is 16.4 Å². The fourth-order valence-corrected chi connectivity index (χ4v) is 4.72. The van der Waals surface area contributed by atoms with E-state index in [1.165, 1.54) is 12.1 Å². The summed E-state index contributed by atoms with van der Waals surface area (Å²) in [5, 5.41) is 6.05. The highest BCUT2D eigenvalue weighted by Crippen LogP contribution is 2.23. The van der Waals surface area contributed by atoms with Gasteiger partial charge in [0.1, 0.15) is 0 Å². The second-order valence-electron chi connectivity index (χ2n) is 6.87. The van der Waals surface area contributed by atoms with Crippen molar-refractivity contribution in [3.05, 3.63) is 29.8 Å². The van der Waals surface area contributed by atoms with E-state index in [1.807, 2.05) is 0 Å². The Morgan fingerprint density at radius 3 is 2.52 bits per heavy atom. The van der Waals surface area contributed by atoms with Gasteiger partial charge in [-0.3, -0.25) is 4.79 Å². The highest BCUT2D eigenvalue weighted by molar-refractivity contribution is 7.89. The molecule has 25 heavy (non-hydrogen) atoms. The minimum absolute atomic E-state index is 0. The monoisotopic (exact) mass is 387 g/mol. The van der Waals surface area contributed by atoms with Crippen LogP contribution in [-0.4, -0.2) is 51.4 Å². The molecular formula is C17H26ClN3O3S. The normalized spacial score (nSPS) is 21.9. The van der Waals surface area contributed by atoms with Crippen molar-refractivity contribution in [3.63, 3.8) is 0 Å². The fourth-order valence-electron chi connectivity index (χ4n) is 3.12. The van der Waals surface area contributed by atoms with Gasteiger partial charge in [0.05, 0.1) is 4.90 Å². The van der Waals surface area contributed by atoms with E-state index in [0.717, 1.165) is 25.9 Å². The zero-order valence-electron chi connectivity index (χ0n) is 14.4. The predicted molar refractivity (Wildman–Crippen MR) is 99.5 cm³/mol. The van der Waals surface area contributed by atoms with Gasteiger partial charge in [-0.1, -0.05) is 6.92 Å². The van der Waals surface area contributed by atoms with Crippen LogP contribution >= 0.6 is 12.4 Å². The van der Waals surface area contributed by atoms with Gasteiger partial charge >= 0.3 is 0 Å². The number of piperidine rings is 1. The van der Waals surface area contributed by atoms with Crippen LogP contribution in [0.5, 0.6) is 0 Å². The first-order valence-corrected chi connectivity index (χ1v) is 10.00. The topological polar surface area (TPSA) is 78.5 Å². The van der Waals surface area contributed by atoms with E-state index in [4.69, 9.17) is 0 Å². The SMILES string of the molecule is CC1CCCN(S(=O)(=O)c2ccc(C(=O)NCC3CNC3)cc2)C1.Cl. The summed E-state index contributed by atoms with van der Waals surface area (Å²) in [5.74, 6) is 0.728. The molecule has 0 aliphatic carbocycles. The number of nitrogens with one attached hydrogen (secondary N) is 2. The first kappa shape index (κ1) is 20.2. The van der Waals surface area contributed by atoms with Gasteiger partial charge in [-0.2, -0.15) is 4.31 Å². The number of benzene rings is 1. The summed E-state index contributed by atoms with van der Waals surface area (Å²) in [6.45, 7) is 5.74. The third-order valence-electron chi connectivity index (χ3n) is 4.79.